The molecule has 2 N–H and O–H groups in total. The van der Waals surface area contributed by atoms with Gasteiger partial charge in [0, 0.05) is 0 Å². The average molecular weight is 139 g/mol. The molecule has 0 aliphatic carbocycles. The summed E-state index contributed by atoms with van der Waals surface area (Å²) in [5.74, 6) is 0.919. The number of hydrogen-bond donors (Lipinski definition) is 1. The molecule has 0 aliphatic rings. The smallest absolute Gasteiger partial charge is 0.123 e. The van der Waals surface area contributed by atoms with Gasteiger partial charge in [0.05, 0.1) is 12.3 Å². The third-order valence-electron chi connectivity index (χ3n) is 1.68. The fraction of sp³-hybridized carbons (Fsp3) is 0.500. The lowest BCUT2D eigenvalue weighted by atomic mass is 10.1. The molecule has 0 bridgehead atoms. The molecule has 1 aromatic heterocycles. The second-order valence-electron chi connectivity index (χ2n) is 2.48. The highest BCUT2D eigenvalue weighted by molar-refractivity contribution is 5.17. The normalized spacial score (nSPS) is 13.5. The summed E-state index contributed by atoms with van der Waals surface area (Å²) in [7, 11) is 0. The Bertz CT molecular complexity index is 205. The molecule has 0 saturated heterocycles. The van der Waals surface area contributed by atoms with Crippen molar-refractivity contribution >= 4 is 0 Å². The molecule has 1 aromatic rings. The Kier molecular flexibility index (Phi) is 2.12. The second-order valence-corrected chi connectivity index (χ2v) is 2.48. The Morgan fingerprint density at radius 2 is 2.40 bits per heavy atom. The topological polar surface area (TPSA) is 39.2 Å². The predicted octanol–water partition coefficient (Wildman–Crippen LogP) is 2.00. The summed E-state index contributed by atoms with van der Waals surface area (Å²) < 4.78 is 5.19. The van der Waals surface area contributed by atoms with Crippen molar-refractivity contribution in [2.75, 3.05) is 0 Å². The summed E-state index contributed by atoms with van der Waals surface area (Å²) in [6.45, 7) is 4.06. The fourth-order valence-electron chi connectivity index (χ4n) is 0.950. The molecule has 0 fully saturated rings. The van der Waals surface area contributed by atoms with Gasteiger partial charge in [-0.2, -0.15) is 0 Å². The van der Waals surface area contributed by atoms with Crippen LogP contribution >= 0.6 is 0 Å². The van der Waals surface area contributed by atoms with E-state index in [1.165, 1.54) is 0 Å². The van der Waals surface area contributed by atoms with E-state index in [0.717, 1.165) is 17.7 Å². The minimum absolute atomic E-state index is 0.0648. The van der Waals surface area contributed by atoms with Crippen LogP contribution in [0, 0.1) is 6.92 Å². The lowest BCUT2D eigenvalue weighted by Gasteiger charge is -2.04. The first-order valence-electron chi connectivity index (χ1n) is 3.55. The van der Waals surface area contributed by atoms with E-state index in [9.17, 15) is 0 Å². The third-order valence-corrected chi connectivity index (χ3v) is 1.68. The molecule has 1 unspecified atom stereocenters. The fourth-order valence-corrected chi connectivity index (χ4v) is 0.950. The predicted molar refractivity (Wildman–Crippen MR) is 40.7 cm³/mol. The first-order valence-corrected chi connectivity index (χ1v) is 3.55. The van der Waals surface area contributed by atoms with Crippen LogP contribution in [0.1, 0.15) is 30.7 Å². The minimum Gasteiger partial charge on any atom is -0.467 e. The first-order chi connectivity index (χ1) is 4.75. The van der Waals surface area contributed by atoms with Gasteiger partial charge in [-0.05, 0) is 25.0 Å². The van der Waals surface area contributed by atoms with Crippen molar-refractivity contribution in [2.24, 2.45) is 5.73 Å². The van der Waals surface area contributed by atoms with Gasteiger partial charge in [0.25, 0.3) is 0 Å². The van der Waals surface area contributed by atoms with E-state index in [2.05, 4.69) is 0 Å². The van der Waals surface area contributed by atoms with Crippen LogP contribution in [-0.2, 0) is 0 Å². The summed E-state index contributed by atoms with van der Waals surface area (Å²) >= 11 is 0. The van der Waals surface area contributed by atoms with E-state index in [4.69, 9.17) is 10.2 Å². The molecular weight excluding hydrogens is 126 g/mol. The van der Waals surface area contributed by atoms with Crippen LogP contribution in [0.4, 0.5) is 0 Å². The second kappa shape index (κ2) is 2.88. The molecule has 0 radical (unpaired) electrons. The van der Waals surface area contributed by atoms with Gasteiger partial charge < -0.3 is 10.2 Å². The zero-order chi connectivity index (χ0) is 7.56. The van der Waals surface area contributed by atoms with Crippen molar-refractivity contribution < 1.29 is 4.42 Å². The Morgan fingerprint density at radius 3 is 2.80 bits per heavy atom. The van der Waals surface area contributed by atoms with Crippen molar-refractivity contribution in [1.82, 2.24) is 0 Å². The van der Waals surface area contributed by atoms with E-state index >= 15 is 0 Å². The van der Waals surface area contributed by atoms with E-state index in [-0.39, 0.29) is 6.04 Å². The van der Waals surface area contributed by atoms with Gasteiger partial charge in [0.2, 0.25) is 0 Å². The molecule has 1 atom stereocenters. The SMILES string of the molecule is CCC(N)c1occc1C. The molecule has 1 rings (SSSR count). The lowest BCUT2D eigenvalue weighted by Crippen LogP contribution is -2.08. The van der Waals surface area contributed by atoms with E-state index in [1.54, 1.807) is 6.26 Å². The summed E-state index contributed by atoms with van der Waals surface area (Å²) in [6, 6.07) is 2.00. The standard InChI is InChI=1S/C8H13NO/c1-3-7(9)8-6(2)4-5-10-8/h4-5,7H,3,9H2,1-2H3. The quantitative estimate of drug-likeness (QED) is 0.680. The van der Waals surface area contributed by atoms with Crippen molar-refractivity contribution in [1.29, 1.82) is 0 Å². The van der Waals surface area contributed by atoms with Crippen molar-refractivity contribution in [3.05, 3.63) is 23.7 Å². The Labute approximate surface area is 61.0 Å². The van der Waals surface area contributed by atoms with Gasteiger partial charge in [-0.25, -0.2) is 0 Å². The highest BCUT2D eigenvalue weighted by atomic mass is 16.3. The van der Waals surface area contributed by atoms with Gasteiger partial charge in [-0.1, -0.05) is 6.92 Å². The maximum absolute atomic E-state index is 5.75. The van der Waals surface area contributed by atoms with Crippen LogP contribution in [0.25, 0.3) is 0 Å². The summed E-state index contributed by atoms with van der Waals surface area (Å²) in [4.78, 5) is 0. The molecule has 0 spiro atoms. The van der Waals surface area contributed by atoms with Crippen molar-refractivity contribution in [3.63, 3.8) is 0 Å². The van der Waals surface area contributed by atoms with Gasteiger partial charge in [-0.15, -0.1) is 0 Å². The number of aryl methyl sites for hydroxylation is 1. The average Bonchev–Trinajstić information content (AvgIpc) is 2.34. The van der Waals surface area contributed by atoms with Crippen molar-refractivity contribution in [2.45, 2.75) is 26.3 Å². The van der Waals surface area contributed by atoms with Gasteiger partial charge >= 0.3 is 0 Å². The zero-order valence-corrected chi connectivity index (χ0v) is 6.42. The highest BCUT2D eigenvalue weighted by Crippen LogP contribution is 2.18. The number of rotatable bonds is 2. The molecule has 1 heterocycles. The minimum atomic E-state index is 0.0648. The van der Waals surface area contributed by atoms with Crippen LogP contribution in [-0.4, -0.2) is 0 Å². The molecule has 0 aromatic carbocycles. The van der Waals surface area contributed by atoms with Crippen LogP contribution in [0.3, 0.4) is 0 Å². The number of hydrogen-bond acceptors (Lipinski definition) is 2. The monoisotopic (exact) mass is 139 g/mol. The Balaban J connectivity index is 2.82. The maximum atomic E-state index is 5.75. The first kappa shape index (κ1) is 7.35. The van der Waals surface area contributed by atoms with Crippen LogP contribution < -0.4 is 5.73 Å². The molecule has 0 aliphatic heterocycles. The van der Waals surface area contributed by atoms with E-state index < -0.39 is 0 Å². The van der Waals surface area contributed by atoms with Crippen LogP contribution in [0.5, 0.6) is 0 Å². The Hall–Kier alpha value is -0.760. The largest absolute Gasteiger partial charge is 0.467 e. The molecule has 10 heavy (non-hydrogen) atoms. The van der Waals surface area contributed by atoms with Crippen molar-refractivity contribution in [3.8, 4) is 0 Å². The molecule has 2 heteroatoms. The summed E-state index contributed by atoms with van der Waals surface area (Å²) in [6.07, 6.45) is 2.61. The highest BCUT2D eigenvalue weighted by Gasteiger charge is 2.08. The van der Waals surface area contributed by atoms with E-state index in [0.29, 0.717) is 0 Å². The number of nitrogens with two attached hydrogens (primary N) is 1. The van der Waals surface area contributed by atoms with Gasteiger partial charge in [0.15, 0.2) is 0 Å². The summed E-state index contributed by atoms with van der Waals surface area (Å²) in [5, 5.41) is 0. The van der Waals surface area contributed by atoms with Gasteiger partial charge in [0.1, 0.15) is 5.76 Å². The van der Waals surface area contributed by atoms with E-state index in [1.807, 2.05) is 19.9 Å². The summed E-state index contributed by atoms with van der Waals surface area (Å²) in [5.41, 5.74) is 6.89. The van der Waals surface area contributed by atoms with Crippen LogP contribution in [0.2, 0.25) is 0 Å². The number of furan rings is 1. The lowest BCUT2D eigenvalue weighted by molar-refractivity contribution is 0.457. The van der Waals surface area contributed by atoms with Crippen LogP contribution in [0.15, 0.2) is 16.7 Å². The molecule has 0 amide bonds. The third kappa shape index (κ3) is 1.21. The molecule has 0 saturated carbocycles. The Morgan fingerprint density at radius 1 is 1.70 bits per heavy atom. The maximum Gasteiger partial charge on any atom is 0.123 e. The molecule has 56 valence electrons. The van der Waals surface area contributed by atoms with Gasteiger partial charge in [-0.3, -0.25) is 0 Å². The molecular formula is C8H13NO. The zero-order valence-electron chi connectivity index (χ0n) is 6.42. The molecule has 2 nitrogen and oxygen atoms in total.